The van der Waals surface area contributed by atoms with Crippen LogP contribution in [0.5, 0.6) is 0 Å². The van der Waals surface area contributed by atoms with Crippen LogP contribution in [-0.2, 0) is 0 Å². The number of carbonyl (C=O) groups excluding carboxylic acids is 1. The lowest BCUT2D eigenvalue weighted by Gasteiger charge is -2.33. The number of nitrogens with zero attached hydrogens (tertiary/aromatic N) is 3. The Bertz CT molecular complexity index is 998. The zero-order valence-corrected chi connectivity index (χ0v) is 17.8. The second-order valence-electron chi connectivity index (χ2n) is 8.69. The molecule has 6 heteroatoms. The number of fused-ring (bicyclic) bond motifs is 1. The summed E-state index contributed by atoms with van der Waals surface area (Å²) in [6, 6.07) is 8.08. The van der Waals surface area contributed by atoms with Crippen molar-refractivity contribution in [3.8, 4) is 0 Å². The zero-order chi connectivity index (χ0) is 19.9. The van der Waals surface area contributed by atoms with Gasteiger partial charge in [-0.15, -0.1) is 11.3 Å². The molecule has 0 unspecified atom stereocenters. The van der Waals surface area contributed by atoms with Crippen molar-refractivity contribution in [2.75, 3.05) is 18.4 Å². The summed E-state index contributed by atoms with van der Waals surface area (Å²) in [6.07, 6.45) is 4.11. The van der Waals surface area contributed by atoms with Crippen LogP contribution in [0.1, 0.15) is 60.5 Å². The van der Waals surface area contributed by atoms with Crippen molar-refractivity contribution in [3.63, 3.8) is 0 Å². The van der Waals surface area contributed by atoms with E-state index >= 15 is 0 Å². The van der Waals surface area contributed by atoms with Crippen molar-refractivity contribution in [2.24, 2.45) is 0 Å². The minimum atomic E-state index is -0.0705. The molecule has 148 valence electrons. The first kappa shape index (κ1) is 19.0. The summed E-state index contributed by atoms with van der Waals surface area (Å²) in [7, 11) is 0. The number of pyridine rings is 1. The highest BCUT2D eigenvalue weighted by Gasteiger charge is 2.30. The molecule has 0 spiro atoms. The molecule has 0 radical (unpaired) electrons. The number of aromatic nitrogens is 2. The molecule has 4 rings (SSSR count). The summed E-state index contributed by atoms with van der Waals surface area (Å²) in [5, 5.41) is 5.62. The molecule has 0 saturated carbocycles. The monoisotopic (exact) mass is 396 g/mol. The van der Waals surface area contributed by atoms with Gasteiger partial charge in [0, 0.05) is 41.0 Å². The van der Waals surface area contributed by atoms with Crippen molar-refractivity contribution < 1.29 is 4.79 Å². The van der Waals surface area contributed by atoms with E-state index in [9.17, 15) is 4.79 Å². The van der Waals surface area contributed by atoms with E-state index in [1.807, 2.05) is 41.5 Å². The Balaban J connectivity index is 1.65. The predicted molar refractivity (Wildman–Crippen MR) is 116 cm³/mol. The minimum absolute atomic E-state index is 0.0705. The molecular weight excluding hydrogens is 368 g/mol. The Kier molecular flexibility index (Phi) is 4.91. The molecule has 28 heavy (non-hydrogen) atoms. The van der Waals surface area contributed by atoms with Gasteiger partial charge in [0.2, 0.25) is 0 Å². The number of aryl methyl sites for hydroxylation is 1. The highest BCUT2D eigenvalue weighted by molar-refractivity contribution is 7.10. The molecular formula is C22H28N4OS. The number of anilines is 1. The predicted octanol–water partition coefficient (Wildman–Crippen LogP) is 4.93. The van der Waals surface area contributed by atoms with Crippen LogP contribution in [0.25, 0.3) is 5.65 Å². The minimum Gasteiger partial charge on any atom is -0.365 e. The van der Waals surface area contributed by atoms with Gasteiger partial charge >= 0.3 is 0 Å². The molecule has 1 aliphatic rings. The molecule has 0 bridgehead atoms. The van der Waals surface area contributed by atoms with Crippen molar-refractivity contribution in [3.05, 3.63) is 52.0 Å². The van der Waals surface area contributed by atoms with Crippen molar-refractivity contribution in [2.45, 2.75) is 52.0 Å². The third kappa shape index (κ3) is 3.78. The molecule has 1 aliphatic heterocycles. The first-order valence-electron chi connectivity index (χ1n) is 9.91. The summed E-state index contributed by atoms with van der Waals surface area (Å²) in [5.41, 5.74) is 2.76. The fraction of sp³-hybridized carbons (Fsp3) is 0.455. The number of hydrogen-bond acceptors (Lipinski definition) is 4. The van der Waals surface area contributed by atoms with E-state index < -0.39 is 0 Å². The maximum atomic E-state index is 13.0. The number of hydrogen-bond donors (Lipinski definition) is 1. The summed E-state index contributed by atoms with van der Waals surface area (Å²) in [6.45, 7) is 10.1. The van der Waals surface area contributed by atoms with Crippen LogP contribution >= 0.6 is 11.3 Å². The topological polar surface area (TPSA) is 49.6 Å². The van der Waals surface area contributed by atoms with E-state index in [1.165, 1.54) is 4.88 Å². The van der Waals surface area contributed by atoms with E-state index in [1.54, 1.807) is 11.3 Å². The number of carbonyl (C=O) groups is 1. The quantitative estimate of drug-likeness (QED) is 0.683. The molecule has 1 saturated heterocycles. The molecule has 4 heterocycles. The third-order valence-electron chi connectivity index (χ3n) is 5.12. The Morgan fingerprint density at radius 3 is 2.86 bits per heavy atom. The highest BCUT2D eigenvalue weighted by atomic mass is 32.1. The number of amides is 1. The van der Waals surface area contributed by atoms with Crippen LogP contribution in [-0.4, -0.2) is 38.8 Å². The first-order valence-corrected chi connectivity index (χ1v) is 10.8. The standard InChI is InChI=1S/C22H28N4OS/c1-15-12-17(14-28-15)21(27)25-10-7-8-16(13-25)19-20(24-22(2,3)4)26-11-6-5-9-18(26)23-19/h5-6,9,11-12,14,16,24H,7-8,10,13H2,1-4H3/t16-/m0/s1. The van der Waals surface area contributed by atoms with E-state index in [4.69, 9.17) is 4.98 Å². The number of rotatable bonds is 3. The SMILES string of the molecule is Cc1cc(C(=O)N2CCC[C@H](c3nc4ccccn4c3NC(C)(C)C)C2)cs1. The van der Waals surface area contributed by atoms with Crippen molar-refractivity contribution >= 4 is 28.7 Å². The molecule has 0 aromatic carbocycles. The van der Waals surface area contributed by atoms with E-state index in [0.29, 0.717) is 0 Å². The maximum absolute atomic E-state index is 13.0. The Morgan fingerprint density at radius 2 is 2.14 bits per heavy atom. The third-order valence-corrected chi connectivity index (χ3v) is 5.98. The average Bonchev–Trinajstić information content (AvgIpc) is 3.24. The molecule has 1 fully saturated rings. The van der Waals surface area contributed by atoms with Crippen LogP contribution in [0.15, 0.2) is 35.8 Å². The van der Waals surface area contributed by atoms with Crippen LogP contribution in [0.3, 0.4) is 0 Å². The smallest absolute Gasteiger partial charge is 0.254 e. The Labute approximate surface area is 170 Å². The number of likely N-dealkylation sites (tertiary alicyclic amines) is 1. The number of piperidine rings is 1. The molecule has 3 aromatic rings. The normalized spacial score (nSPS) is 17.9. The summed E-state index contributed by atoms with van der Waals surface area (Å²) >= 11 is 1.63. The maximum Gasteiger partial charge on any atom is 0.254 e. The van der Waals surface area contributed by atoms with E-state index in [-0.39, 0.29) is 17.4 Å². The van der Waals surface area contributed by atoms with Gasteiger partial charge in [-0.1, -0.05) is 6.07 Å². The van der Waals surface area contributed by atoms with Gasteiger partial charge in [0.05, 0.1) is 11.3 Å². The molecule has 1 atom stereocenters. The zero-order valence-electron chi connectivity index (χ0n) is 17.0. The van der Waals surface area contributed by atoms with E-state index in [2.05, 4.69) is 36.7 Å². The lowest BCUT2D eigenvalue weighted by molar-refractivity contribution is 0.0706. The van der Waals surface area contributed by atoms with Crippen LogP contribution in [0, 0.1) is 6.92 Å². The Hall–Kier alpha value is -2.34. The van der Waals surface area contributed by atoms with Gasteiger partial charge in [-0.25, -0.2) is 4.98 Å². The van der Waals surface area contributed by atoms with Crippen molar-refractivity contribution in [1.82, 2.24) is 14.3 Å². The highest BCUT2D eigenvalue weighted by Crippen LogP contribution is 2.34. The van der Waals surface area contributed by atoms with Crippen molar-refractivity contribution in [1.29, 1.82) is 0 Å². The summed E-state index contributed by atoms with van der Waals surface area (Å²) < 4.78 is 2.13. The van der Waals surface area contributed by atoms with Crippen LogP contribution in [0.4, 0.5) is 5.82 Å². The largest absolute Gasteiger partial charge is 0.365 e. The molecule has 0 aliphatic carbocycles. The number of imidazole rings is 1. The van der Waals surface area contributed by atoms with Gasteiger partial charge < -0.3 is 10.2 Å². The van der Waals surface area contributed by atoms with Gasteiger partial charge in [-0.2, -0.15) is 0 Å². The van der Waals surface area contributed by atoms with Gasteiger partial charge in [-0.05, 0) is 58.7 Å². The first-order chi connectivity index (χ1) is 13.3. The number of thiophene rings is 1. The van der Waals surface area contributed by atoms with Gasteiger partial charge in [0.15, 0.2) is 0 Å². The molecule has 1 amide bonds. The fourth-order valence-corrected chi connectivity index (χ4v) is 4.58. The summed E-state index contributed by atoms with van der Waals surface area (Å²) in [4.78, 5) is 21.1. The second-order valence-corrected chi connectivity index (χ2v) is 9.80. The lowest BCUT2D eigenvalue weighted by atomic mass is 9.93. The van der Waals surface area contributed by atoms with Crippen LogP contribution in [0.2, 0.25) is 0 Å². The lowest BCUT2D eigenvalue weighted by Crippen LogP contribution is -2.39. The van der Waals surface area contributed by atoms with Gasteiger partial charge in [0.25, 0.3) is 5.91 Å². The van der Waals surface area contributed by atoms with Gasteiger partial charge in [0.1, 0.15) is 11.5 Å². The molecule has 1 N–H and O–H groups in total. The van der Waals surface area contributed by atoms with E-state index in [0.717, 1.165) is 48.7 Å². The average molecular weight is 397 g/mol. The fourth-order valence-electron chi connectivity index (χ4n) is 3.90. The van der Waals surface area contributed by atoms with Crippen LogP contribution < -0.4 is 5.32 Å². The summed E-state index contributed by atoms with van der Waals surface area (Å²) in [5.74, 6) is 1.43. The van der Waals surface area contributed by atoms with Gasteiger partial charge in [-0.3, -0.25) is 9.20 Å². The second kappa shape index (κ2) is 7.24. The molecule has 3 aromatic heterocycles. The molecule has 5 nitrogen and oxygen atoms in total. The Morgan fingerprint density at radius 1 is 1.32 bits per heavy atom. The number of nitrogens with one attached hydrogen (secondary N) is 1.